The fourth-order valence-corrected chi connectivity index (χ4v) is 1.10. The van der Waals surface area contributed by atoms with Gasteiger partial charge in [-0.15, -0.1) is 0 Å². The average molecular weight is 225 g/mol. The zero-order valence-electron chi connectivity index (χ0n) is 9.76. The number of carboxylic acid groups (broad SMARTS) is 1. The summed E-state index contributed by atoms with van der Waals surface area (Å²) in [6.45, 7) is 2.94. The fraction of sp³-hybridized carbons (Fsp3) is 0.500. The predicted octanol–water partition coefficient (Wildman–Crippen LogP) is 0.355. The van der Waals surface area contributed by atoms with E-state index in [0.29, 0.717) is 0 Å². The Bertz CT molecular complexity index is 423. The van der Waals surface area contributed by atoms with Gasteiger partial charge in [0.2, 0.25) is 0 Å². The molecule has 6 nitrogen and oxygen atoms in total. The lowest BCUT2D eigenvalue weighted by molar-refractivity contribution is -0.147. The molecule has 0 unspecified atom stereocenters. The summed E-state index contributed by atoms with van der Waals surface area (Å²) in [5.41, 5.74) is -1.02. The molecule has 1 heterocycles. The minimum Gasteiger partial charge on any atom is -0.480 e. The van der Waals surface area contributed by atoms with E-state index in [0.717, 1.165) is 4.90 Å². The van der Waals surface area contributed by atoms with Gasteiger partial charge in [-0.05, 0) is 19.9 Å². The van der Waals surface area contributed by atoms with Gasteiger partial charge in [0.25, 0.3) is 5.91 Å². The van der Waals surface area contributed by atoms with Crippen molar-refractivity contribution in [3.8, 4) is 0 Å². The van der Waals surface area contributed by atoms with E-state index in [4.69, 9.17) is 5.11 Å². The number of aryl methyl sites for hydroxylation is 1. The van der Waals surface area contributed by atoms with Gasteiger partial charge in [0.05, 0.1) is 0 Å². The SMILES string of the molecule is CN(C(=O)c1ccn(C)n1)C(C)(C)C(=O)O. The van der Waals surface area contributed by atoms with E-state index >= 15 is 0 Å². The summed E-state index contributed by atoms with van der Waals surface area (Å²) >= 11 is 0. The molecule has 0 aromatic carbocycles. The van der Waals surface area contributed by atoms with Crippen molar-refractivity contribution < 1.29 is 14.7 Å². The monoisotopic (exact) mass is 225 g/mol. The number of amides is 1. The Morgan fingerprint density at radius 3 is 2.44 bits per heavy atom. The van der Waals surface area contributed by atoms with E-state index in [-0.39, 0.29) is 5.69 Å². The number of hydrogen-bond acceptors (Lipinski definition) is 3. The molecule has 6 heteroatoms. The molecule has 0 aliphatic heterocycles. The Morgan fingerprint density at radius 2 is 2.06 bits per heavy atom. The third-order valence-corrected chi connectivity index (χ3v) is 2.60. The van der Waals surface area contributed by atoms with Gasteiger partial charge >= 0.3 is 5.97 Å². The van der Waals surface area contributed by atoms with Crippen LogP contribution in [0.15, 0.2) is 12.3 Å². The van der Waals surface area contributed by atoms with Crippen molar-refractivity contribution in [2.75, 3.05) is 7.05 Å². The lowest BCUT2D eigenvalue weighted by Crippen LogP contribution is -2.50. The highest BCUT2D eigenvalue weighted by molar-refractivity contribution is 5.95. The molecule has 0 bridgehead atoms. The number of nitrogens with zero attached hydrogens (tertiary/aromatic N) is 3. The number of hydrogen-bond donors (Lipinski definition) is 1. The molecule has 0 radical (unpaired) electrons. The Balaban J connectivity index is 2.95. The van der Waals surface area contributed by atoms with E-state index in [9.17, 15) is 9.59 Å². The molecule has 1 aromatic rings. The molecular weight excluding hydrogens is 210 g/mol. The lowest BCUT2D eigenvalue weighted by atomic mass is 10.0. The van der Waals surface area contributed by atoms with E-state index in [1.165, 1.54) is 25.6 Å². The number of carbonyl (C=O) groups excluding carboxylic acids is 1. The predicted molar refractivity (Wildman–Crippen MR) is 57.0 cm³/mol. The molecular formula is C10H15N3O3. The smallest absolute Gasteiger partial charge is 0.329 e. The summed E-state index contributed by atoms with van der Waals surface area (Å²) in [4.78, 5) is 24.0. The van der Waals surface area contributed by atoms with Gasteiger partial charge in [-0.1, -0.05) is 0 Å². The summed E-state index contributed by atoms with van der Waals surface area (Å²) < 4.78 is 1.49. The number of aromatic nitrogens is 2. The second kappa shape index (κ2) is 3.96. The molecule has 88 valence electrons. The van der Waals surface area contributed by atoms with E-state index in [1.54, 1.807) is 19.3 Å². The Morgan fingerprint density at radius 1 is 1.50 bits per heavy atom. The summed E-state index contributed by atoms with van der Waals surface area (Å²) in [5.74, 6) is -1.47. The second-order valence-electron chi connectivity index (χ2n) is 4.10. The van der Waals surface area contributed by atoms with Crippen LogP contribution in [-0.2, 0) is 11.8 Å². The number of likely N-dealkylation sites (N-methyl/N-ethyl adjacent to an activating group) is 1. The maximum atomic E-state index is 11.9. The van der Waals surface area contributed by atoms with Gasteiger partial charge < -0.3 is 10.0 Å². The molecule has 1 N–H and O–H groups in total. The third-order valence-electron chi connectivity index (χ3n) is 2.60. The minimum absolute atomic E-state index is 0.235. The van der Waals surface area contributed by atoms with E-state index in [2.05, 4.69) is 5.10 Å². The van der Waals surface area contributed by atoms with Gasteiger partial charge in [-0.25, -0.2) is 4.79 Å². The topological polar surface area (TPSA) is 75.4 Å². The van der Waals surface area contributed by atoms with Gasteiger partial charge in [-0.2, -0.15) is 5.10 Å². The highest BCUT2D eigenvalue weighted by Crippen LogP contribution is 2.15. The molecule has 1 amide bonds. The quantitative estimate of drug-likeness (QED) is 0.805. The second-order valence-corrected chi connectivity index (χ2v) is 4.10. The van der Waals surface area contributed by atoms with Crippen LogP contribution in [0.3, 0.4) is 0 Å². The lowest BCUT2D eigenvalue weighted by Gasteiger charge is -2.30. The van der Waals surface area contributed by atoms with Crippen LogP contribution in [0.2, 0.25) is 0 Å². The number of aliphatic carboxylic acids is 1. The summed E-state index contributed by atoms with van der Waals surface area (Å²) in [6.07, 6.45) is 1.63. The highest BCUT2D eigenvalue weighted by Gasteiger charge is 2.36. The van der Waals surface area contributed by atoms with Crippen molar-refractivity contribution in [1.29, 1.82) is 0 Å². The standard InChI is InChI=1S/C10H15N3O3/c1-10(2,9(15)16)13(4)8(14)7-5-6-12(3)11-7/h5-6H,1-4H3,(H,15,16). The Labute approximate surface area is 93.5 Å². The largest absolute Gasteiger partial charge is 0.480 e. The zero-order valence-corrected chi connectivity index (χ0v) is 9.76. The van der Waals surface area contributed by atoms with Crippen LogP contribution >= 0.6 is 0 Å². The van der Waals surface area contributed by atoms with Crippen molar-refractivity contribution >= 4 is 11.9 Å². The Hall–Kier alpha value is -1.85. The van der Waals surface area contributed by atoms with Crippen molar-refractivity contribution in [3.63, 3.8) is 0 Å². The maximum absolute atomic E-state index is 11.9. The summed E-state index contributed by atoms with van der Waals surface area (Å²) in [5, 5.41) is 12.9. The van der Waals surface area contributed by atoms with Crippen LogP contribution in [0.1, 0.15) is 24.3 Å². The van der Waals surface area contributed by atoms with Gasteiger partial charge in [0.15, 0.2) is 0 Å². The van der Waals surface area contributed by atoms with Crippen LogP contribution in [0.25, 0.3) is 0 Å². The third kappa shape index (κ3) is 2.05. The van der Waals surface area contributed by atoms with E-state index < -0.39 is 17.4 Å². The van der Waals surface area contributed by atoms with Crippen LogP contribution in [-0.4, -0.2) is 44.3 Å². The van der Waals surface area contributed by atoms with E-state index in [1.807, 2.05) is 0 Å². The molecule has 0 fully saturated rings. The molecule has 1 rings (SSSR count). The number of rotatable bonds is 3. The maximum Gasteiger partial charge on any atom is 0.329 e. The first-order valence-corrected chi connectivity index (χ1v) is 4.78. The first-order valence-electron chi connectivity index (χ1n) is 4.78. The molecule has 0 saturated carbocycles. The zero-order chi connectivity index (χ0) is 12.5. The van der Waals surface area contributed by atoms with Crippen molar-refractivity contribution in [2.45, 2.75) is 19.4 Å². The molecule has 0 saturated heterocycles. The van der Waals surface area contributed by atoms with Crippen LogP contribution in [0, 0.1) is 0 Å². The first kappa shape index (κ1) is 12.2. The fourth-order valence-electron chi connectivity index (χ4n) is 1.10. The minimum atomic E-state index is -1.26. The van der Waals surface area contributed by atoms with Crippen LogP contribution in [0.5, 0.6) is 0 Å². The summed E-state index contributed by atoms with van der Waals surface area (Å²) in [6, 6.07) is 1.55. The summed E-state index contributed by atoms with van der Waals surface area (Å²) in [7, 11) is 3.14. The molecule has 0 atom stereocenters. The van der Waals surface area contributed by atoms with Gasteiger partial charge in [0, 0.05) is 20.3 Å². The van der Waals surface area contributed by atoms with Crippen molar-refractivity contribution in [2.24, 2.45) is 7.05 Å². The molecule has 0 aliphatic rings. The van der Waals surface area contributed by atoms with Gasteiger partial charge in [0.1, 0.15) is 11.2 Å². The first-order chi connectivity index (χ1) is 7.26. The van der Waals surface area contributed by atoms with Crippen LogP contribution < -0.4 is 0 Å². The molecule has 16 heavy (non-hydrogen) atoms. The average Bonchev–Trinajstić information content (AvgIpc) is 2.62. The normalized spacial score (nSPS) is 11.2. The molecule has 1 aromatic heterocycles. The number of carbonyl (C=O) groups is 2. The van der Waals surface area contributed by atoms with Crippen molar-refractivity contribution in [1.82, 2.24) is 14.7 Å². The number of carboxylic acids is 1. The van der Waals surface area contributed by atoms with Gasteiger partial charge in [-0.3, -0.25) is 9.48 Å². The van der Waals surface area contributed by atoms with Crippen LogP contribution in [0.4, 0.5) is 0 Å². The van der Waals surface area contributed by atoms with Crippen molar-refractivity contribution in [3.05, 3.63) is 18.0 Å². The molecule has 0 aliphatic carbocycles. The Kier molecular flexibility index (Phi) is 3.02. The highest BCUT2D eigenvalue weighted by atomic mass is 16.4. The molecule has 0 spiro atoms.